The highest BCUT2D eigenvalue weighted by Crippen LogP contribution is 2.18. The van der Waals surface area contributed by atoms with Crippen molar-refractivity contribution >= 4 is 15.9 Å². The van der Waals surface area contributed by atoms with Gasteiger partial charge in [0.15, 0.2) is 0 Å². The summed E-state index contributed by atoms with van der Waals surface area (Å²) in [7, 11) is 0. The number of halogens is 2. The molecule has 2 aromatic carbocycles. The van der Waals surface area contributed by atoms with E-state index in [4.69, 9.17) is 5.84 Å². The normalized spacial score (nSPS) is 12.4. The molecule has 112 valence electrons. The monoisotopic (exact) mass is 350 g/mol. The maximum absolute atomic E-state index is 13.2. The number of hydrogen-bond acceptors (Lipinski definition) is 2. The molecule has 4 heteroatoms. The number of nitrogens with two attached hydrogens (primary N) is 1. The standard InChI is InChI=1S/C17H20BrFN2/c1-12-3-2-4-13(9-12)5-7-15(21-20)10-14-6-8-17(19)16(18)11-14/h2-4,6,8-9,11,15,21H,5,7,10,20H2,1H3. The van der Waals surface area contributed by atoms with Crippen LogP contribution in [0.3, 0.4) is 0 Å². The van der Waals surface area contributed by atoms with Gasteiger partial charge in [0.2, 0.25) is 0 Å². The SMILES string of the molecule is Cc1cccc(CCC(Cc2ccc(F)c(Br)c2)NN)c1. The minimum Gasteiger partial charge on any atom is -0.271 e. The van der Waals surface area contributed by atoms with Gasteiger partial charge in [-0.05, 0) is 65.4 Å². The zero-order valence-electron chi connectivity index (χ0n) is 12.1. The van der Waals surface area contributed by atoms with Gasteiger partial charge in [0.05, 0.1) is 4.47 Å². The summed E-state index contributed by atoms with van der Waals surface area (Å²) in [5.41, 5.74) is 6.51. The number of hydrazine groups is 1. The van der Waals surface area contributed by atoms with Gasteiger partial charge in [-0.3, -0.25) is 11.3 Å². The fraction of sp³-hybridized carbons (Fsp3) is 0.294. The molecular weight excluding hydrogens is 331 g/mol. The van der Waals surface area contributed by atoms with Crippen LogP contribution in [0.4, 0.5) is 4.39 Å². The van der Waals surface area contributed by atoms with Gasteiger partial charge >= 0.3 is 0 Å². The van der Waals surface area contributed by atoms with Crippen LogP contribution in [0, 0.1) is 12.7 Å². The van der Waals surface area contributed by atoms with Crippen molar-refractivity contribution in [2.24, 2.45) is 5.84 Å². The minimum atomic E-state index is -0.240. The molecule has 0 amide bonds. The second kappa shape index (κ2) is 7.69. The Labute approximate surface area is 133 Å². The second-order valence-electron chi connectivity index (χ2n) is 5.34. The van der Waals surface area contributed by atoms with Crippen LogP contribution in [0.5, 0.6) is 0 Å². The predicted molar refractivity (Wildman–Crippen MR) is 88.4 cm³/mol. The number of rotatable bonds is 6. The molecule has 0 spiro atoms. The van der Waals surface area contributed by atoms with E-state index in [0.29, 0.717) is 4.47 Å². The lowest BCUT2D eigenvalue weighted by Crippen LogP contribution is -2.37. The van der Waals surface area contributed by atoms with E-state index in [1.165, 1.54) is 17.2 Å². The third-order valence-corrected chi connectivity index (χ3v) is 4.17. The molecule has 0 aromatic heterocycles. The summed E-state index contributed by atoms with van der Waals surface area (Å²) in [5, 5.41) is 0. The van der Waals surface area contributed by atoms with Gasteiger partial charge in [-0.25, -0.2) is 4.39 Å². The van der Waals surface area contributed by atoms with Gasteiger partial charge in [0, 0.05) is 6.04 Å². The second-order valence-corrected chi connectivity index (χ2v) is 6.20. The van der Waals surface area contributed by atoms with Crippen LogP contribution in [0.1, 0.15) is 23.1 Å². The van der Waals surface area contributed by atoms with E-state index < -0.39 is 0 Å². The molecule has 0 saturated heterocycles. The molecule has 0 saturated carbocycles. The van der Waals surface area contributed by atoms with E-state index in [1.54, 1.807) is 6.07 Å². The summed E-state index contributed by atoms with van der Waals surface area (Å²) in [6.45, 7) is 2.10. The Morgan fingerprint density at radius 3 is 2.67 bits per heavy atom. The topological polar surface area (TPSA) is 38.0 Å². The minimum absolute atomic E-state index is 0.169. The highest BCUT2D eigenvalue weighted by atomic mass is 79.9. The Morgan fingerprint density at radius 1 is 1.19 bits per heavy atom. The molecule has 2 aromatic rings. The average Bonchev–Trinajstić information content (AvgIpc) is 2.47. The van der Waals surface area contributed by atoms with E-state index in [2.05, 4.69) is 52.5 Å². The summed E-state index contributed by atoms with van der Waals surface area (Å²) >= 11 is 3.21. The van der Waals surface area contributed by atoms with Crippen LogP contribution in [-0.4, -0.2) is 6.04 Å². The van der Waals surface area contributed by atoms with Crippen LogP contribution >= 0.6 is 15.9 Å². The smallest absolute Gasteiger partial charge is 0.137 e. The van der Waals surface area contributed by atoms with Crippen LogP contribution < -0.4 is 11.3 Å². The lowest BCUT2D eigenvalue weighted by Gasteiger charge is -2.16. The Bertz CT molecular complexity index is 601. The van der Waals surface area contributed by atoms with Gasteiger partial charge in [-0.15, -0.1) is 0 Å². The lowest BCUT2D eigenvalue weighted by molar-refractivity contribution is 0.491. The van der Waals surface area contributed by atoms with Gasteiger partial charge in [-0.1, -0.05) is 35.9 Å². The van der Waals surface area contributed by atoms with Crippen molar-refractivity contribution in [1.29, 1.82) is 0 Å². The highest BCUT2D eigenvalue weighted by molar-refractivity contribution is 9.10. The van der Waals surface area contributed by atoms with Crippen LogP contribution in [-0.2, 0) is 12.8 Å². The van der Waals surface area contributed by atoms with E-state index in [1.807, 2.05) is 6.07 Å². The van der Waals surface area contributed by atoms with Gasteiger partial charge in [-0.2, -0.15) is 0 Å². The number of nitrogens with one attached hydrogen (secondary N) is 1. The fourth-order valence-corrected chi connectivity index (χ4v) is 2.83. The maximum atomic E-state index is 13.2. The molecule has 21 heavy (non-hydrogen) atoms. The van der Waals surface area contributed by atoms with Crippen LogP contribution in [0.15, 0.2) is 46.9 Å². The van der Waals surface area contributed by atoms with E-state index in [9.17, 15) is 4.39 Å². The van der Waals surface area contributed by atoms with E-state index >= 15 is 0 Å². The van der Waals surface area contributed by atoms with Gasteiger partial charge < -0.3 is 0 Å². The molecule has 0 aliphatic heterocycles. The molecule has 0 radical (unpaired) electrons. The lowest BCUT2D eigenvalue weighted by atomic mass is 9.99. The predicted octanol–water partition coefficient (Wildman–Crippen LogP) is 3.90. The summed E-state index contributed by atoms with van der Waals surface area (Å²) in [6, 6.07) is 13.8. The fourth-order valence-electron chi connectivity index (χ4n) is 2.40. The number of hydrogen-bond donors (Lipinski definition) is 2. The van der Waals surface area contributed by atoms with Crippen LogP contribution in [0.25, 0.3) is 0 Å². The molecular formula is C17H20BrFN2. The molecule has 0 heterocycles. The molecule has 0 fully saturated rings. The molecule has 2 rings (SSSR count). The first-order valence-corrected chi connectivity index (χ1v) is 7.83. The number of benzene rings is 2. The van der Waals surface area contributed by atoms with Crippen molar-refractivity contribution in [3.63, 3.8) is 0 Å². The van der Waals surface area contributed by atoms with Crippen molar-refractivity contribution in [3.8, 4) is 0 Å². The molecule has 2 nitrogen and oxygen atoms in total. The Balaban J connectivity index is 1.95. The zero-order valence-corrected chi connectivity index (χ0v) is 13.7. The largest absolute Gasteiger partial charge is 0.271 e. The Morgan fingerprint density at radius 2 is 2.00 bits per heavy atom. The Kier molecular flexibility index (Phi) is 5.91. The maximum Gasteiger partial charge on any atom is 0.137 e. The van der Waals surface area contributed by atoms with Crippen molar-refractivity contribution in [2.45, 2.75) is 32.2 Å². The molecule has 0 bridgehead atoms. The van der Waals surface area contributed by atoms with Crippen molar-refractivity contribution in [2.75, 3.05) is 0 Å². The molecule has 1 unspecified atom stereocenters. The Hall–Kier alpha value is -1.23. The average molecular weight is 351 g/mol. The summed E-state index contributed by atoms with van der Waals surface area (Å²) in [5.74, 6) is 5.41. The third kappa shape index (κ3) is 4.92. The third-order valence-electron chi connectivity index (χ3n) is 3.57. The zero-order chi connectivity index (χ0) is 15.2. The quantitative estimate of drug-likeness (QED) is 0.612. The van der Waals surface area contributed by atoms with Crippen molar-refractivity contribution < 1.29 is 4.39 Å². The first kappa shape index (κ1) is 16.1. The van der Waals surface area contributed by atoms with E-state index in [0.717, 1.165) is 24.8 Å². The molecule has 1 atom stereocenters. The molecule has 0 aliphatic rings. The van der Waals surface area contributed by atoms with Gasteiger partial charge in [0.25, 0.3) is 0 Å². The molecule has 3 N–H and O–H groups in total. The van der Waals surface area contributed by atoms with Crippen molar-refractivity contribution in [3.05, 3.63) is 69.4 Å². The van der Waals surface area contributed by atoms with Crippen molar-refractivity contribution in [1.82, 2.24) is 5.43 Å². The summed E-state index contributed by atoms with van der Waals surface area (Å²) in [4.78, 5) is 0. The highest BCUT2D eigenvalue weighted by Gasteiger charge is 2.10. The van der Waals surface area contributed by atoms with Gasteiger partial charge in [0.1, 0.15) is 5.82 Å². The summed E-state index contributed by atoms with van der Waals surface area (Å²) < 4.78 is 13.7. The first-order chi connectivity index (χ1) is 10.1. The van der Waals surface area contributed by atoms with Crippen LogP contribution in [0.2, 0.25) is 0 Å². The number of aryl methyl sites for hydroxylation is 2. The summed E-state index contributed by atoms with van der Waals surface area (Å²) in [6.07, 6.45) is 2.69. The van der Waals surface area contributed by atoms with E-state index in [-0.39, 0.29) is 11.9 Å². The molecule has 0 aliphatic carbocycles. The first-order valence-electron chi connectivity index (χ1n) is 7.04.